The number of benzene rings is 1. The van der Waals surface area contributed by atoms with Crippen LogP contribution in [-0.2, 0) is 6.61 Å². The number of aryl methyl sites for hydroxylation is 1. The van der Waals surface area contributed by atoms with E-state index in [9.17, 15) is 9.59 Å². The highest BCUT2D eigenvalue weighted by molar-refractivity contribution is 6.05. The van der Waals surface area contributed by atoms with E-state index < -0.39 is 11.5 Å². The van der Waals surface area contributed by atoms with Gasteiger partial charge < -0.3 is 10.4 Å². The first-order valence-electron chi connectivity index (χ1n) is 6.10. The largest absolute Gasteiger partial charge is 0.392 e. The van der Waals surface area contributed by atoms with Gasteiger partial charge in [0.15, 0.2) is 0 Å². The monoisotopic (exact) mass is 273 g/mol. The lowest BCUT2D eigenvalue weighted by Crippen LogP contribution is -2.26. The Bertz CT molecular complexity index is 690. The van der Waals surface area contributed by atoms with Crippen molar-refractivity contribution in [2.24, 2.45) is 0 Å². The van der Waals surface area contributed by atoms with Gasteiger partial charge >= 0.3 is 0 Å². The average molecular weight is 273 g/mol. The van der Waals surface area contributed by atoms with Crippen LogP contribution in [0.2, 0.25) is 0 Å². The fourth-order valence-corrected chi connectivity index (χ4v) is 1.79. The van der Waals surface area contributed by atoms with E-state index >= 15 is 0 Å². The smallest absolute Gasteiger partial charge is 0.277 e. The second-order valence-corrected chi connectivity index (χ2v) is 4.45. The highest BCUT2D eigenvalue weighted by Crippen LogP contribution is 2.12. The van der Waals surface area contributed by atoms with Crippen LogP contribution in [0.25, 0.3) is 0 Å². The van der Waals surface area contributed by atoms with Crippen molar-refractivity contribution in [1.29, 1.82) is 0 Å². The molecule has 0 saturated heterocycles. The minimum absolute atomic E-state index is 0.0590. The third kappa shape index (κ3) is 2.75. The molecule has 0 aliphatic heterocycles. The molecule has 0 radical (unpaired) electrons. The third-order valence-electron chi connectivity index (χ3n) is 3.09. The molecule has 1 aromatic heterocycles. The van der Waals surface area contributed by atoms with Crippen molar-refractivity contribution in [2.45, 2.75) is 20.5 Å². The summed E-state index contributed by atoms with van der Waals surface area (Å²) in [4.78, 5) is 23.9. The molecule has 0 spiro atoms. The molecule has 0 unspecified atom stereocenters. The molecule has 2 aromatic rings. The molecule has 6 nitrogen and oxygen atoms in total. The van der Waals surface area contributed by atoms with E-state index in [1.165, 1.54) is 0 Å². The number of aromatic amines is 1. The standard InChI is InChI=1S/C14H15N3O3/c1-8-9(2)16-17-14(20)12(8)13(19)15-11-5-3-10(7-18)4-6-11/h3-6,18H,7H2,1-2H3,(H,15,19)(H,17,20). The number of nitrogens with zero attached hydrogens (tertiary/aromatic N) is 1. The molecule has 0 fully saturated rings. The van der Waals surface area contributed by atoms with Crippen LogP contribution in [-0.4, -0.2) is 21.2 Å². The zero-order valence-corrected chi connectivity index (χ0v) is 11.2. The maximum Gasteiger partial charge on any atom is 0.277 e. The first kappa shape index (κ1) is 14.0. The zero-order valence-electron chi connectivity index (χ0n) is 11.2. The molecule has 104 valence electrons. The number of anilines is 1. The second-order valence-electron chi connectivity index (χ2n) is 4.45. The van der Waals surface area contributed by atoms with Crippen molar-refractivity contribution in [3.63, 3.8) is 0 Å². The van der Waals surface area contributed by atoms with Crippen LogP contribution in [0.1, 0.15) is 27.2 Å². The van der Waals surface area contributed by atoms with E-state index in [1.807, 2.05) is 0 Å². The summed E-state index contributed by atoms with van der Waals surface area (Å²) in [5.41, 5.74) is 2.00. The summed E-state index contributed by atoms with van der Waals surface area (Å²) in [6.07, 6.45) is 0. The average Bonchev–Trinajstić information content (AvgIpc) is 2.44. The Morgan fingerprint density at radius 2 is 1.95 bits per heavy atom. The lowest BCUT2D eigenvalue weighted by Gasteiger charge is -2.08. The van der Waals surface area contributed by atoms with Crippen LogP contribution >= 0.6 is 0 Å². The van der Waals surface area contributed by atoms with Gasteiger partial charge in [0.1, 0.15) is 5.56 Å². The topological polar surface area (TPSA) is 95.1 Å². The summed E-state index contributed by atoms with van der Waals surface area (Å²) < 4.78 is 0. The SMILES string of the molecule is Cc1n[nH]c(=O)c(C(=O)Nc2ccc(CO)cc2)c1C. The fourth-order valence-electron chi connectivity index (χ4n) is 1.79. The van der Waals surface area contributed by atoms with Crippen LogP contribution < -0.4 is 10.9 Å². The molecular weight excluding hydrogens is 258 g/mol. The molecule has 0 saturated carbocycles. The zero-order chi connectivity index (χ0) is 14.7. The Hall–Kier alpha value is -2.47. The molecule has 1 aromatic carbocycles. The first-order chi connectivity index (χ1) is 9.52. The lowest BCUT2D eigenvalue weighted by atomic mass is 10.1. The summed E-state index contributed by atoms with van der Waals surface area (Å²) in [7, 11) is 0. The maximum absolute atomic E-state index is 12.2. The van der Waals surface area contributed by atoms with Gasteiger partial charge in [-0.2, -0.15) is 5.10 Å². The van der Waals surface area contributed by atoms with E-state index in [4.69, 9.17) is 5.11 Å². The van der Waals surface area contributed by atoms with E-state index in [2.05, 4.69) is 15.5 Å². The number of H-pyrrole nitrogens is 1. The highest BCUT2D eigenvalue weighted by atomic mass is 16.3. The Kier molecular flexibility index (Phi) is 3.95. The summed E-state index contributed by atoms with van der Waals surface area (Å²) in [5.74, 6) is -0.481. The predicted molar refractivity (Wildman–Crippen MR) is 74.6 cm³/mol. The predicted octanol–water partition coefficient (Wildman–Crippen LogP) is 1.13. The summed E-state index contributed by atoms with van der Waals surface area (Å²) in [5, 5.41) is 17.7. The number of aliphatic hydroxyl groups excluding tert-OH is 1. The maximum atomic E-state index is 12.2. The van der Waals surface area contributed by atoms with Gasteiger partial charge in [0.2, 0.25) is 0 Å². The van der Waals surface area contributed by atoms with Crippen LogP contribution in [0.5, 0.6) is 0 Å². The third-order valence-corrected chi connectivity index (χ3v) is 3.09. The van der Waals surface area contributed by atoms with Gasteiger partial charge in [-0.05, 0) is 37.1 Å². The number of aliphatic hydroxyl groups is 1. The van der Waals surface area contributed by atoms with Gasteiger partial charge in [-0.25, -0.2) is 5.10 Å². The van der Waals surface area contributed by atoms with Gasteiger partial charge in [0, 0.05) is 5.69 Å². The number of nitrogens with one attached hydrogen (secondary N) is 2. The molecule has 3 N–H and O–H groups in total. The minimum Gasteiger partial charge on any atom is -0.392 e. The number of aromatic nitrogens is 2. The second kappa shape index (κ2) is 5.66. The van der Waals surface area contributed by atoms with Crippen LogP contribution in [0, 0.1) is 13.8 Å². The molecule has 0 atom stereocenters. The molecule has 6 heteroatoms. The van der Waals surface area contributed by atoms with Crippen LogP contribution in [0.4, 0.5) is 5.69 Å². The van der Waals surface area contributed by atoms with E-state index in [0.717, 1.165) is 5.56 Å². The molecule has 1 amide bonds. The molecule has 20 heavy (non-hydrogen) atoms. The Morgan fingerprint density at radius 3 is 2.55 bits per heavy atom. The number of carbonyl (C=O) groups excluding carboxylic acids is 1. The van der Waals surface area contributed by atoms with Crippen molar-refractivity contribution in [1.82, 2.24) is 10.2 Å². The summed E-state index contributed by atoms with van der Waals surface area (Å²) >= 11 is 0. The Labute approximate surface area is 115 Å². The van der Waals surface area contributed by atoms with Crippen molar-refractivity contribution < 1.29 is 9.90 Å². The van der Waals surface area contributed by atoms with Gasteiger partial charge in [0.05, 0.1) is 12.3 Å². The van der Waals surface area contributed by atoms with Gasteiger partial charge in [0.25, 0.3) is 11.5 Å². The normalized spacial score (nSPS) is 10.3. The quantitative estimate of drug-likeness (QED) is 0.781. The van der Waals surface area contributed by atoms with E-state index in [-0.39, 0.29) is 12.2 Å². The highest BCUT2D eigenvalue weighted by Gasteiger charge is 2.16. The van der Waals surface area contributed by atoms with Gasteiger partial charge in [-0.1, -0.05) is 12.1 Å². The molecule has 0 aliphatic carbocycles. The number of amides is 1. The van der Waals surface area contributed by atoms with Crippen LogP contribution in [0.15, 0.2) is 29.1 Å². The minimum atomic E-state index is -0.516. The number of hydrogen-bond donors (Lipinski definition) is 3. The number of rotatable bonds is 3. The van der Waals surface area contributed by atoms with Gasteiger partial charge in [-0.3, -0.25) is 9.59 Å². The fraction of sp³-hybridized carbons (Fsp3) is 0.214. The lowest BCUT2D eigenvalue weighted by molar-refractivity contribution is 0.102. The van der Waals surface area contributed by atoms with Crippen molar-refractivity contribution in [3.05, 3.63) is 57.0 Å². The van der Waals surface area contributed by atoms with E-state index in [0.29, 0.717) is 16.9 Å². The van der Waals surface area contributed by atoms with Crippen LogP contribution in [0.3, 0.4) is 0 Å². The van der Waals surface area contributed by atoms with Crippen molar-refractivity contribution >= 4 is 11.6 Å². The summed E-state index contributed by atoms with van der Waals surface area (Å²) in [6, 6.07) is 6.73. The molecule has 1 heterocycles. The molecule has 0 aliphatic rings. The molecule has 0 bridgehead atoms. The Morgan fingerprint density at radius 1 is 1.30 bits per heavy atom. The van der Waals surface area contributed by atoms with Gasteiger partial charge in [-0.15, -0.1) is 0 Å². The first-order valence-corrected chi connectivity index (χ1v) is 6.10. The number of hydrogen-bond acceptors (Lipinski definition) is 4. The van der Waals surface area contributed by atoms with E-state index in [1.54, 1.807) is 38.1 Å². The number of carbonyl (C=O) groups is 1. The Balaban J connectivity index is 2.28. The van der Waals surface area contributed by atoms with Crippen molar-refractivity contribution in [2.75, 3.05) is 5.32 Å². The molecule has 2 rings (SSSR count). The van der Waals surface area contributed by atoms with Crippen molar-refractivity contribution in [3.8, 4) is 0 Å². The summed E-state index contributed by atoms with van der Waals surface area (Å²) in [6.45, 7) is 3.34. The molecular formula is C14H15N3O3.